The zero-order valence-corrected chi connectivity index (χ0v) is 32.1. The van der Waals surface area contributed by atoms with E-state index < -0.39 is 0 Å². The average Bonchev–Trinajstić information content (AvgIpc) is 3.66. The molecular weight excluding hydrogens is 667 g/mol. The van der Waals surface area contributed by atoms with Gasteiger partial charge in [-0.2, -0.15) is 0 Å². The molecule has 0 saturated carbocycles. The quantitative estimate of drug-likeness (QED) is 0.0584. The number of amides is 1. The molecule has 0 radical (unpaired) electrons. The highest BCUT2D eigenvalue weighted by Gasteiger charge is 2.26. The van der Waals surface area contributed by atoms with E-state index in [2.05, 4.69) is 82.8 Å². The molecule has 0 spiro atoms. The van der Waals surface area contributed by atoms with Crippen molar-refractivity contribution < 1.29 is 19.1 Å². The fourth-order valence-electron chi connectivity index (χ4n) is 6.94. The van der Waals surface area contributed by atoms with Crippen molar-refractivity contribution >= 4 is 44.7 Å². The molecule has 1 fully saturated rings. The Morgan fingerprint density at radius 1 is 0.808 bits per heavy atom. The Kier molecular flexibility index (Phi) is 16.8. The molecule has 8 heteroatoms. The Morgan fingerprint density at radius 2 is 1.60 bits per heavy atom. The third-order valence-electron chi connectivity index (χ3n) is 9.97. The number of allylic oxidation sites excluding steroid dienone is 6. The second-order valence-electron chi connectivity index (χ2n) is 13.9. The standard InChI is InChI=1S/C44H59N3O4S/c1-2-3-4-5-6-7-8-9-10-11-12-13-14-15-16-22-44(49)51-36-47-41-35-38(25-23-37(41)24-26-43(47)48)50-33-18-17-28-45-29-31-46(32-30-45)40-20-19-21-42-39(40)27-34-52-42/h3-4,6-7,9-10,19-21,23,25,27,34-35H,2,5,8,11-18,22,24,26,28-33,36H2,1H3/b4-3-,7-6-,10-9-. The van der Waals surface area contributed by atoms with E-state index in [1.165, 1.54) is 28.6 Å². The van der Waals surface area contributed by atoms with Gasteiger partial charge in [-0.3, -0.25) is 19.4 Å². The largest absolute Gasteiger partial charge is 0.494 e. The molecule has 0 bridgehead atoms. The smallest absolute Gasteiger partial charge is 0.307 e. The molecule has 280 valence electrons. The van der Waals surface area contributed by atoms with Crippen molar-refractivity contribution in [2.75, 3.05) is 55.9 Å². The summed E-state index contributed by atoms with van der Waals surface area (Å²) in [4.78, 5) is 32.1. The first kappa shape index (κ1) is 39.3. The van der Waals surface area contributed by atoms with E-state index in [0.717, 1.165) is 108 Å². The SMILES string of the molecule is CC/C=C\C/C=C\C/C=C\CCCCCCCC(=O)OCN1C(=O)CCc2ccc(OCCCCN3CCN(c4cccc5sccc45)CC3)cc21. The monoisotopic (exact) mass is 725 g/mol. The summed E-state index contributed by atoms with van der Waals surface area (Å²) in [7, 11) is 0. The van der Waals surface area contributed by atoms with Crippen molar-refractivity contribution in [3.8, 4) is 5.75 Å². The number of nitrogens with zero attached hydrogens (tertiary/aromatic N) is 3. The van der Waals surface area contributed by atoms with Crippen LogP contribution in [-0.4, -0.2) is 62.8 Å². The summed E-state index contributed by atoms with van der Waals surface area (Å²) in [5.74, 6) is 0.497. The number of aryl methyl sites for hydroxylation is 1. The van der Waals surface area contributed by atoms with Crippen molar-refractivity contribution in [2.24, 2.45) is 0 Å². The van der Waals surface area contributed by atoms with Crippen LogP contribution in [0.2, 0.25) is 0 Å². The van der Waals surface area contributed by atoms with E-state index >= 15 is 0 Å². The molecule has 0 aliphatic carbocycles. The highest BCUT2D eigenvalue weighted by atomic mass is 32.1. The zero-order valence-electron chi connectivity index (χ0n) is 31.3. The lowest BCUT2D eigenvalue weighted by Crippen LogP contribution is -2.46. The lowest BCUT2D eigenvalue weighted by Gasteiger charge is -2.36. The minimum atomic E-state index is -0.241. The summed E-state index contributed by atoms with van der Waals surface area (Å²) >= 11 is 1.81. The van der Waals surface area contributed by atoms with Gasteiger partial charge in [-0.05, 0) is 99.5 Å². The summed E-state index contributed by atoms with van der Waals surface area (Å²) in [6, 6.07) is 14.9. The van der Waals surface area contributed by atoms with Gasteiger partial charge in [-0.1, -0.05) is 74.8 Å². The van der Waals surface area contributed by atoms with Gasteiger partial charge in [0.25, 0.3) is 0 Å². The molecule has 1 amide bonds. The van der Waals surface area contributed by atoms with E-state index in [4.69, 9.17) is 9.47 Å². The maximum atomic E-state index is 12.9. The number of anilines is 2. The maximum absolute atomic E-state index is 12.9. The van der Waals surface area contributed by atoms with Crippen LogP contribution in [0.25, 0.3) is 10.1 Å². The zero-order chi connectivity index (χ0) is 36.2. The van der Waals surface area contributed by atoms with Crippen LogP contribution in [0.1, 0.15) is 96.0 Å². The third-order valence-corrected chi connectivity index (χ3v) is 10.8. The van der Waals surface area contributed by atoms with Crippen LogP contribution in [0.15, 0.2) is 84.3 Å². The van der Waals surface area contributed by atoms with Gasteiger partial charge in [0.1, 0.15) is 5.75 Å². The summed E-state index contributed by atoms with van der Waals surface area (Å²) < 4.78 is 13.1. The Bertz CT molecular complexity index is 1620. The number of carbonyl (C=O) groups excluding carboxylic acids is 2. The van der Waals surface area contributed by atoms with E-state index in [1.807, 2.05) is 29.5 Å². The van der Waals surface area contributed by atoms with E-state index in [0.29, 0.717) is 25.9 Å². The number of hydrogen-bond donors (Lipinski definition) is 0. The molecule has 5 rings (SSSR count). The van der Waals surface area contributed by atoms with Gasteiger partial charge in [0, 0.05) is 60.9 Å². The van der Waals surface area contributed by atoms with E-state index in [9.17, 15) is 9.59 Å². The number of hydrogen-bond acceptors (Lipinski definition) is 7. The summed E-state index contributed by atoms with van der Waals surface area (Å²) in [5.41, 5.74) is 3.25. The van der Waals surface area contributed by atoms with Crippen LogP contribution in [0.3, 0.4) is 0 Å². The van der Waals surface area contributed by atoms with E-state index in [1.54, 1.807) is 4.90 Å². The van der Waals surface area contributed by atoms with Crippen LogP contribution in [0, 0.1) is 0 Å². The summed E-state index contributed by atoms with van der Waals surface area (Å²) in [6.45, 7) is 8.09. The molecule has 7 nitrogen and oxygen atoms in total. The fourth-order valence-corrected chi connectivity index (χ4v) is 7.75. The molecule has 3 aromatic rings. The van der Waals surface area contributed by atoms with Crippen LogP contribution >= 0.6 is 11.3 Å². The molecule has 2 aliphatic heterocycles. The Labute approximate surface area is 316 Å². The first-order chi connectivity index (χ1) is 25.6. The van der Waals surface area contributed by atoms with Crippen molar-refractivity contribution in [2.45, 2.75) is 96.8 Å². The van der Waals surface area contributed by atoms with Crippen LogP contribution in [0.4, 0.5) is 11.4 Å². The van der Waals surface area contributed by atoms with Crippen LogP contribution in [0.5, 0.6) is 5.75 Å². The molecular formula is C44H59N3O4S. The molecule has 52 heavy (non-hydrogen) atoms. The molecule has 0 unspecified atom stereocenters. The van der Waals surface area contributed by atoms with Crippen LogP contribution in [-0.2, 0) is 20.7 Å². The number of fused-ring (bicyclic) bond motifs is 2. The van der Waals surface area contributed by atoms with Crippen molar-refractivity contribution in [1.82, 2.24) is 4.90 Å². The number of thiophene rings is 1. The molecule has 3 heterocycles. The maximum Gasteiger partial charge on any atom is 0.307 e. The highest BCUT2D eigenvalue weighted by Crippen LogP contribution is 2.33. The van der Waals surface area contributed by atoms with Gasteiger partial charge < -0.3 is 14.4 Å². The van der Waals surface area contributed by atoms with Crippen LogP contribution < -0.4 is 14.5 Å². The molecule has 2 aliphatic rings. The van der Waals surface area contributed by atoms with Gasteiger partial charge in [-0.15, -0.1) is 11.3 Å². The lowest BCUT2D eigenvalue weighted by atomic mass is 10.0. The predicted octanol–water partition coefficient (Wildman–Crippen LogP) is 10.3. The van der Waals surface area contributed by atoms with Crippen molar-refractivity contribution in [3.63, 3.8) is 0 Å². The van der Waals surface area contributed by atoms with Gasteiger partial charge in [-0.25, -0.2) is 0 Å². The van der Waals surface area contributed by atoms with Gasteiger partial charge >= 0.3 is 5.97 Å². The fraction of sp³-hybridized carbons (Fsp3) is 0.500. The van der Waals surface area contributed by atoms with E-state index in [-0.39, 0.29) is 18.6 Å². The third kappa shape index (κ3) is 12.7. The minimum absolute atomic E-state index is 0.0150. The number of unbranched alkanes of at least 4 members (excludes halogenated alkanes) is 6. The summed E-state index contributed by atoms with van der Waals surface area (Å²) in [6.07, 6.45) is 26.5. The number of rotatable bonds is 22. The first-order valence-electron chi connectivity index (χ1n) is 19.7. The van der Waals surface area contributed by atoms with Gasteiger partial charge in [0.15, 0.2) is 6.73 Å². The normalized spacial score (nSPS) is 15.4. The summed E-state index contributed by atoms with van der Waals surface area (Å²) in [5, 5.41) is 3.55. The minimum Gasteiger partial charge on any atom is -0.494 e. The number of benzene rings is 2. The topological polar surface area (TPSA) is 62.3 Å². The second-order valence-corrected chi connectivity index (χ2v) is 14.8. The van der Waals surface area contributed by atoms with Crippen molar-refractivity contribution in [3.05, 3.63) is 89.9 Å². The molecule has 2 aromatic carbocycles. The number of ether oxygens (including phenoxy) is 2. The van der Waals surface area contributed by atoms with Gasteiger partial charge in [0.05, 0.1) is 12.3 Å². The lowest BCUT2D eigenvalue weighted by molar-refractivity contribution is -0.144. The number of esters is 1. The Hall–Kier alpha value is -3.88. The van der Waals surface area contributed by atoms with Crippen molar-refractivity contribution in [1.29, 1.82) is 0 Å². The average molecular weight is 726 g/mol. The predicted molar refractivity (Wildman–Crippen MR) is 218 cm³/mol. The number of piperazine rings is 1. The second kappa shape index (κ2) is 22.2. The van der Waals surface area contributed by atoms with Gasteiger partial charge in [0.2, 0.25) is 5.91 Å². The first-order valence-corrected chi connectivity index (χ1v) is 20.6. The number of carbonyl (C=O) groups is 2. The molecule has 1 aromatic heterocycles. The molecule has 0 N–H and O–H groups in total. The Morgan fingerprint density at radius 3 is 2.44 bits per heavy atom. The molecule has 0 atom stereocenters. The highest BCUT2D eigenvalue weighted by molar-refractivity contribution is 7.17. The molecule has 1 saturated heterocycles. The Balaban J connectivity index is 0.925.